The number of carbonyl (C=O) groups is 1. The van der Waals surface area contributed by atoms with Crippen LogP contribution in [0.2, 0.25) is 0 Å². The van der Waals surface area contributed by atoms with Gasteiger partial charge in [0.05, 0.1) is 17.1 Å². The number of aryl methyl sites for hydroxylation is 3. The first kappa shape index (κ1) is 21.6. The smallest absolute Gasteiger partial charge is 0.159 e. The summed E-state index contributed by atoms with van der Waals surface area (Å²) >= 11 is 0. The van der Waals surface area contributed by atoms with E-state index in [0.29, 0.717) is 11.8 Å². The van der Waals surface area contributed by atoms with Crippen molar-refractivity contribution in [3.63, 3.8) is 0 Å². The molecule has 3 aromatic rings. The molecule has 0 saturated heterocycles. The third kappa shape index (κ3) is 4.87. The van der Waals surface area contributed by atoms with Gasteiger partial charge in [0.2, 0.25) is 0 Å². The molecule has 4 nitrogen and oxygen atoms in total. The summed E-state index contributed by atoms with van der Waals surface area (Å²) < 4.78 is 24.7. The number of hydrogen-bond donors (Lipinski definition) is 1. The van der Waals surface area contributed by atoms with E-state index in [1.807, 2.05) is 7.05 Å². The topological polar surface area (TPSA) is 54.9 Å². The fourth-order valence-corrected chi connectivity index (χ4v) is 3.49. The van der Waals surface area contributed by atoms with Crippen LogP contribution in [0.15, 0.2) is 42.5 Å². The molecule has 0 saturated carbocycles. The van der Waals surface area contributed by atoms with Crippen LogP contribution in [-0.4, -0.2) is 23.3 Å². The van der Waals surface area contributed by atoms with Gasteiger partial charge in [0.25, 0.3) is 0 Å². The number of nitrogens with zero attached hydrogens (tertiary/aromatic N) is 2. The molecule has 0 amide bonds. The Kier molecular flexibility index (Phi) is 7.22. The van der Waals surface area contributed by atoms with Gasteiger partial charge in [0.15, 0.2) is 11.6 Å². The molecule has 4 rings (SSSR count). The van der Waals surface area contributed by atoms with Gasteiger partial charge in [0.1, 0.15) is 12.1 Å². The highest BCUT2D eigenvalue weighted by molar-refractivity contribution is 5.69. The zero-order chi connectivity index (χ0) is 21.5. The van der Waals surface area contributed by atoms with E-state index in [0.717, 1.165) is 60.7 Å². The van der Waals surface area contributed by atoms with Gasteiger partial charge >= 0.3 is 0 Å². The molecule has 1 heterocycles. The van der Waals surface area contributed by atoms with E-state index in [1.165, 1.54) is 17.2 Å². The normalized spacial score (nSPS) is 11.6. The zero-order valence-corrected chi connectivity index (χ0v) is 17.2. The minimum absolute atomic E-state index is 0.122. The van der Waals surface area contributed by atoms with E-state index in [-0.39, 0.29) is 6.42 Å². The number of benzene rings is 2. The molecule has 0 spiro atoms. The summed E-state index contributed by atoms with van der Waals surface area (Å²) in [5, 5.41) is 3.18. The van der Waals surface area contributed by atoms with Crippen LogP contribution in [-0.2, 0) is 30.5 Å². The van der Waals surface area contributed by atoms with Gasteiger partial charge in [-0.15, -0.1) is 0 Å². The van der Waals surface area contributed by atoms with Crippen molar-refractivity contribution < 1.29 is 13.6 Å². The molecule has 1 aliphatic carbocycles. The quantitative estimate of drug-likeness (QED) is 0.607. The molecule has 156 valence electrons. The van der Waals surface area contributed by atoms with Crippen LogP contribution in [0, 0.1) is 11.6 Å². The summed E-state index contributed by atoms with van der Waals surface area (Å²) in [6.07, 6.45) is 4.88. The van der Waals surface area contributed by atoms with Gasteiger partial charge in [-0.1, -0.05) is 43.7 Å². The second-order valence-corrected chi connectivity index (χ2v) is 7.09. The first-order valence-electron chi connectivity index (χ1n) is 10.1. The molecule has 1 aliphatic rings. The summed E-state index contributed by atoms with van der Waals surface area (Å²) in [5.74, 6) is -0.857. The second kappa shape index (κ2) is 10.1. The Balaban J connectivity index is 0.000000199. The molecular formula is C24H25F2N3O. The minimum atomic E-state index is -0.913. The number of nitrogens with one attached hydrogen (secondary N) is 1. The SMILES string of the molecule is CCCc1nc2c(nc1NC)CCc1ccccc1-2.O=CCc1ccc(F)c(F)c1. The van der Waals surface area contributed by atoms with E-state index < -0.39 is 11.6 Å². The maximum absolute atomic E-state index is 12.4. The summed E-state index contributed by atoms with van der Waals surface area (Å²) in [7, 11) is 1.92. The average molecular weight is 409 g/mol. The number of rotatable bonds is 5. The third-order valence-electron chi connectivity index (χ3n) is 4.97. The monoisotopic (exact) mass is 409 g/mol. The molecule has 0 unspecified atom stereocenters. The Morgan fingerprint density at radius 1 is 1.07 bits per heavy atom. The van der Waals surface area contributed by atoms with Crippen LogP contribution in [0.3, 0.4) is 0 Å². The summed E-state index contributed by atoms with van der Waals surface area (Å²) in [6, 6.07) is 12.0. The highest BCUT2D eigenvalue weighted by Gasteiger charge is 2.20. The van der Waals surface area contributed by atoms with Crippen LogP contribution in [0.25, 0.3) is 11.3 Å². The third-order valence-corrected chi connectivity index (χ3v) is 4.97. The van der Waals surface area contributed by atoms with Crippen molar-refractivity contribution in [1.82, 2.24) is 9.97 Å². The van der Waals surface area contributed by atoms with Crippen molar-refractivity contribution in [3.05, 3.63) is 76.6 Å². The molecule has 0 bridgehead atoms. The maximum atomic E-state index is 12.4. The van der Waals surface area contributed by atoms with Gasteiger partial charge in [-0.3, -0.25) is 0 Å². The highest BCUT2D eigenvalue weighted by atomic mass is 19.2. The lowest BCUT2D eigenvalue weighted by Crippen LogP contribution is -2.12. The van der Waals surface area contributed by atoms with Gasteiger partial charge in [-0.25, -0.2) is 18.7 Å². The number of halogens is 2. The second-order valence-electron chi connectivity index (χ2n) is 7.09. The highest BCUT2D eigenvalue weighted by Crippen LogP contribution is 2.32. The lowest BCUT2D eigenvalue weighted by molar-refractivity contribution is -0.107. The van der Waals surface area contributed by atoms with Crippen molar-refractivity contribution in [2.45, 2.75) is 39.0 Å². The minimum Gasteiger partial charge on any atom is -0.372 e. The molecule has 1 N–H and O–H groups in total. The van der Waals surface area contributed by atoms with E-state index in [1.54, 1.807) is 0 Å². The van der Waals surface area contributed by atoms with E-state index in [9.17, 15) is 13.6 Å². The van der Waals surface area contributed by atoms with Crippen LogP contribution in [0.1, 0.15) is 35.9 Å². The van der Waals surface area contributed by atoms with Crippen molar-refractivity contribution in [2.24, 2.45) is 0 Å². The standard InChI is InChI=1S/C16H19N3.C8H6F2O/c1-3-6-14-16(17-2)19-13-10-9-11-7-4-5-8-12(11)15(13)18-14;9-7-2-1-6(3-4-11)5-8(7)10/h4-5,7-8H,3,6,9-10H2,1-2H3,(H,17,19);1-2,4-5H,3H2. The van der Waals surface area contributed by atoms with E-state index >= 15 is 0 Å². The molecule has 0 atom stereocenters. The van der Waals surface area contributed by atoms with E-state index in [4.69, 9.17) is 9.97 Å². The van der Waals surface area contributed by atoms with Crippen LogP contribution >= 0.6 is 0 Å². The van der Waals surface area contributed by atoms with Crippen molar-refractivity contribution in [2.75, 3.05) is 12.4 Å². The van der Waals surface area contributed by atoms with Gasteiger partial charge in [-0.05, 0) is 42.5 Å². The van der Waals surface area contributed by atoms with Crippen molar-refractivity contribution >= 4 is 12.1 Å². The molecule has 2 aromatic carbocycles. The maximum Gasteiger partial charge on any atom is 0.159 e. The van der Waals surface area contributed by atoms with Gasteiger partial charge < -0.3 is 10.1 Å². The largest absolute Gasteiger partial charge is 0.372 e. The number of anilines is 1. The fraction of sp³-hybridized carbons (Fsp3) is 0.292. The number of aromatic nitrogens is 2. The molecule has 30 heavy (non-hydrogen) atoms. The predicted octanol–water partition coefficient (Wildman–Crippen LogP) is 4.94. The van der Waals surface area contributed by atoms with Crippen LogP contribution in [0.5, 0.6) is 0 Å². The Bertz CT molecular complexity index is 1040. The first-order chi connectivity index (χ1) is 14.6. The molecule has 0 aliphatic heterocycles. The lowest BCUT2D eigenvalue weighted by atomic mass is 9.91. The van der Waals surface area contributed by atoms with Crippen LogP contribution in [0.4, 0.5) is 14.6 Å². The fourth-order valence-electron chi connectivity index (χ4n) is 3.49. The molecule has 0 radical (unpaired) electrons. The molecule has 1 aromatic heterocycles. The summed E-state index contributed by atoms with van der Waals surface area (Å²) in [6.45, 7) is 2.18. The Morgan fingerprint density at radius 2 is 1.87 bits per heavy atom. The lowest BCUT2D eigenvalue weighted by Gasteiger charge is -2.20. The first-order valence-corrected chi connectivity index (χ1v) is 10.1. The summed E-state index contributed by atoms with van der Waals surface area (Å²) in [5.41, 5.74) is 6.44. The number of fused-ring (bicyclic) bond motifs is 3. The molecule has 6 heteroatoms. The average Bonchev–Trinajstić information content (AvgIpc) is 2.77. The van der Waals surface area contributed by atoms with Gasteiger partial charge in [-0.2, -0.15) is 0 Å². The zero-order valence-electron chi connectivity index (χ0n) is 17.2. The van der Waals surface area contributed by atoms with E-state index in [2.05, 4.69) is 36.5 Å². The van der Waals surface area contributed by atoms with Gasteiger partial charge in [0, 0.05) is 19.0 Å². The molecule has 0 fully saturated rings. The number of hydrogen-bond acceptors (Lipinski definition) is 4. The van der Waals surface area contributed by atoms with Crippen molar-refractivity contribution in [1.29, 1.82) is 0 Å². The predicted molar refractivity (Wildman–Crippen MR) is 115 cm³/mol. The summed E-state index contributed by atoms with van der Waals surface area (Å²) in [4.78, 5) is 19.6. The Morgan fingerprint density at radius 3 is 2.57 bits per heavy atom. The molecular weight excluding hydrogens is 384 g/mol. The van der Waals surface area contributed by atoms with Crippen molar-refractivity contribution in [3.8, 4) is 11.3 Å². The number of carbonyl (C=O) groups excluding carboxylic acids is 1. The Hall–Kier alpha value is -3.15. The van der Waals surface area contributed by atoms with Crippen LogP contribution < -0.4 is 5.32 Å². The Labute approximate surface area is 175 Å². The number of aldehydes is 1.